The van der Waals surface area contributed by atoms with E-state index in [0.717, 1.165) is 49.7 Å². The minimum atomic E-state index is -0.0484. The molecule has 3 aliphatic rings. The third kappa shape index (κ3) is 2.57. The van der Waals surface area contributed by atoms with Crippen LogP contribution < -0.4 is 4.90 Å². The monoisotopic (exact) mass is 330 g/mol. The average molecular weight is 330 g/mol. The van der Waals surface area contributed by atoms with Gasteiger partial charge in [0, 0.05) is 36.9 Å². The van der Waals surface area contributed by atoms with Gasteiger partial charge in [0.25, 0.3) is 0 Å². The normalized spacial score (nSPS) is 32.7. The molecule has 0 unspecified atom stereocenters. The smallest absolute Gasteiger partial charge is 0.225 e. The highest BCUT2D eigenvalue weighted by Gasteiger charge is 2.49. The third-order valence-corrected chi connectivity index (χ3v) is 5.94. The van der Waals surface area contributed by atoms with Crippen molar-refractivity contribution in [3.63, 3.8) is 0 Å². The quantitative estimate of drug-likeness (QED) is 0.885. The van der Waals surface area contributed by atoms with Gasteiger partial charge in [-0.1, -0.05) is 0 Å². The van der Waals surface area contributed by atoms with Crippen LogP contribution >= 0.6 is 0 Å². The number of carbonyl (C=O) groups excluding carboxylic acids is 1. The Labute approximate surface area is 142 Å². The van der Waals surface area contributed by atoms with Crippen molar-refractivity contribution in [1.82, 2.24) is 14.9 Å². The first-order chi connectivity index (χ1) is 11.6. The average Bonchev–Trinajstić information content (AvgIpc) is 2.55. The molecule has 24 heavy (non-hydrogen) atoms. The van der Waals surface area contributed by atoms with Gasteiger partial charge >= 0.3 is 0 Å². The van der Waals surface area contributed by atoms with Crippen molar-refractivity contribution in [2.75, 3.05) is 24.6 Å². The molecule has 3 saturated heterocycles. The number of aryl methyl sites for hydroxylation is 2. The molecule has 1 N–H and O–H groups in total. The Morgan fingerprint density at radius 3 is 2.62 bits per heavy atom. The van der Waals surface area contributed by atoms with E-state index in [-0.39, 0.29) is 24.6 Å². The number of rotatable bonds is 2. The number of nitrogens with zero attached hydrogens (tertiary/aromatic N) is 4. The van der Waals surface area contributed by atoms with E-state index in [4.69, 9.17) is 0 Å². The van der Waals surface area contributed by atoms with Crippen molar-refractivity contribution in [2.24, 2.45) is 11.8 Å². The van der Waals surface area contributed by atoms with Crippen molar-refractivity contribution in [1.29, 1.82) is 0 Å². The van der Waals surface area contributed by atoms with Crippen molar-refractivity contribution in [2.45, 2.75) is 51.6 Å². The predicted molar refractivity (Wildman–Crippen MR) is 90.7 cm³/mol. The molecule has 3 fully saturated rings. The SMILES string of the molecule is Cc1cc(C)nc(N2C[C@H]3C[C@@H](C2)[C@H](CO)N2C(=O)CCC[C@@H]32)n1. The fraction of sp³-hybridized carbons (Fsp3) is 0.722. The van der Waals surface area contributed by atoms with Gasteiger partial charge in [-0.25, -0.2) is 9.97 Å². The molecule has 0 aliphatic carbocycles. The number of aromatic nitrogens is 2. The molecule has 0 aromatic carbocycles. The lowest BCUT2D eigenvalue weighted by atomic mass is 9.72. The molecular weight excluding hydrogens is 304 g/mol. The first-order valence-corrected chi connectivity index (χ1v) is 9.06. The van der Waals surface area contributed by atoms with Crippen molar-refractivity contribution >= 4 is 11.9 Å². The Bertz CT molecular complexity index is 616. The summed E-state index contributed by atoms with van der Waals surface area (Å²) in [6.45, 7) is 5.79. The van der Waals surface area contributed by atoms with Crippen LogP contribution in [-0.4, -0.2) is 57.7 Å². The molecule has 1 amide bonds. The van der Waals surface area contributed by atoms with E-state index < -0.39 is 0 Å². The summed E-state index contributed by atoms with van der Waals surface area (Å²) in [4.78, 5) is 26.0. The van der Waals surface area contributed by atoms with Crippen LogP contribution in [0.2, 0.25) is 0 Å². The highest BCUT2D eigenvalue weighted by atomic mass is 16.3. The van der Waals surface area contributed by atoms with Gasteiger partial charge < -0.3 is 14.9 Å². The largest absolute Gasteiger partial charge is 0.394 e. The Morgan fingerprint density at radius 2 is 1.92 bits per heavy atom. The van der Waals surface area contributed by atoms with Crippen molar-refractivity contribution in [3.05, 3.63) is 17.5 Å². The summed E-state index contributed by atoms with van der Waals surface area (Å²) < 4.78 is 0. The summed E-state index contributed by atoms with van der Waals surface area (Å²) in [6.07, 6.45) is 3.76. The van der Waals surface area contributed by atoms with Crippen LogP contribution in [-0.2, 0) is 4.79 Å². The fourth-order valence-electron chi connectivity index (χ4n) is 5.02. The maximum atomic E-state index is 12.4. The number of hydrogen-bond acceptors (Lipinski definition) is 5. The lowest BCUT2D eigenvalue weighted by molar-refractivity contribution is -0.150. The van der Waals surface area contributed by atoms with E-state index in [9.17, 15) is 9.90 Å². The number of amides is 1. The Hall–Kier alpha value is -1.69. The second-order valence-electron chi connectivity index (χ2n) is 7.62. The summed E-state index contributed by atoms with van der Waals surface area (Å²) in [5.74, 6) is 1.79. The number of anilines is 1. The van der Waals surface area contributed by atoms with Crippen molar-refractivity contribution in [3.8, 4) is 0 Å². The van der Waals surface area contributed by atoms with E-state index in [2.05, 4.69) is 14.9 Å². The number of aliphatic hydroxyl groups is 1. The minimum Gasteiger partial charge on any atom is -0.394 e. The molecule has 4 rings (SSSR count). The summed E-state index contributed by atoms with van der Waals surface area (Å²) in [7, 11) is 0. The van der Waals surface area contributed by atoms with Gasteiger partial charge in [-0.05, 0) is 51.0 Å². The second-order valence-corrected chi connectivity index (χ2v) is 7.62. The Kier molecular flexibility index (Phi) is 3.95. The van der Waals surface area contributed by atoms with Crippen LogP contribution in [0.5, 0.6) is 0 Å². The highest BCUT2D eigenvalue weighted by Crippen LogP contribution is 2.42. The van der Waals surface area contributed by atoms with Gasteiger partial charge in [0.05, 0.1) is 12.6 Å². The Morgan fingerprint density at radius 1 is 1.21 bits per heavy atom. The number of aliphatic hydroxyl groups excluding tert-OH is 1. The van der Waals surface area contributed by atoms with Gasteiger partial charge in [0.15, 0.2) is 0 Å². The third-order valence-electron chi connectivity index (χ3n) is 5.94. The molecule has 3 aliphatic heterocycles. The van der Waals surface area contributed by atoms with E-state index in [1.165, 1.54) is 0 Å². The van der Waals surface area contributed by atoms with E-state index in [1.807, 2.05) is 24.8 Å². The zero-order valence-electron chi connectivity index (χ0n) is 14.5. The lowest BCUT2D eigenvalue weighted by Crippen LogP contribution is -2.66. The standard InChI is InChI=1S/C18H26N4O2/c1-11-6-12(2)20-18(19-11)21-8-13-7-14(9-21)16(10-23)22-15(13)4-3-5-17(22)24/h6,13-16,23H,3-5,7-10H2,1-2H3/t13-,14+,15+,16+/m1/s1. The first kappa shape index (κ1) is 15.8. The number of piperidine rings is 3. The number of hydrogen-bond donors (Lipinski definition) is 1. The summed E-state index contributed by atoms with van der Waals surface area (Å²) in [6, 6.07) is 2.22. The molecule has 0 spiro atoms. The van der Waals surface area contributed by atoms with Crippen LogP contribution in [0.15, 0.2) is 6.07 Å². The van der Waals surface area contributed by atoms with Crippen molar-refractivity contribution < 1.29 is 9.90 Å². The molecule has 4 heterocycles. The van der Waals surface area contributed by atoms with E-state index in [1.54, 1.807) is 0 Å². The molecule has 0 radical (unpaired) electrons. The second kappa shape index (κ2) is 5.99. The Balaban J connectivity index is 1.64. The topological polar surface area (TPSA) is 69.6 Å². The summed E-state index contributed by atoms with van der Waals surface area (Å²) >= 11 is 0. The molecule has 6 nitrogen and oxygen atoms in total. The predicted octanol–water partition coefficient (Wildman–Crippen LogP) is 1.29. The molecule has 130 valence electrons. The van der Waals surface area contributed by atoms with Gasteiger partial charge in [-0.2, -0.15) is 0 Å². The minimum absolute atomic E-state index is 0.0484. The molecule has 1 aromatic heterocycles. The van der Waals surface area contributed by atoms with Crippen LogP contribution in [0.25, 0.3) is 0 Å². The van der Waals surface area contributed by atoms with Crippen LogP contribution in [0, 0.1) is 25.7 Å². The summed E-state index contributed by atoms with van der Waals surface area (Å²) in [5.41, 5.74) is 1.97. The maximum Gasteiger partial charge on any atom is 0.225 e. The summed E-state index contributed by atoms with van der Waals surface area (Å²) in [5, 5.41) is 9.96. The van der Waals surface area contributed by atoms with E-state index >= 15 is 0 Å². The van der Waals surface area contributed by atoms with Crippen LogP contribution in [0.3, 0.4) is 0 Å². The molecule has 0 saturated carbocycles. The zero-order valence-corrected chi connectivity index (χ0v) is 14.5. The number of carbonyl (C=O) groups is 1. The molecule has 1 aromatic rings. The maximum absolute atomic E-state index is 12.4. The first-order valence-electron chi connectivity index (χ1n) is 9.06. The highest BCUT2D eigenvalue weighted by molar-refractivity contribution is 5.78. The number of fused-ring (bicyclic) bond motifs is 4. The van der Waals surface area contributed by atoms with Gasteiger partial charge in [0.2, 0.25) is 11.9 Å². The molecule has 2 bridgehead atoms. The van der Waals surface area contributed by atoms with Crippen LogP contribution in [0.4, 0.5) is 5.95 Å². The fourth-order valence-corrected chi connectivity index (χ4v) is 5.02. The molecular formula is C18H26N4O2. The van der Waals surface area contributed by atoms with Gasteiger partial charge in [0.1, 0.15) is 0 Å². The molecule has 6 heteroatoms. The van der Waals surface area contributed by atoms with Gasteiger partial charge in [-0.3, -0.25) is 4.79 Å². The molecule has 4 atom stereocenters. The zero-order chi connectivity index (χ0) is 16.8. The lowest BCUT2D eigenvalue weighted by Gasteiger charge is -2.56. The van der Waals surface area contributed by atoms with Crippen LogP contribution in [0.1, 0.15) is 37.1 Å². The van der Waals surface area contributed by atoms with E-state index in [0.29, 0.717) is 18.3 Å². The van der Waals surface area contributed by atoms with Gasteiger partial charge in [-0.15, -0.1) is 0 Å².